The van der Waals surface area contributed by atoms with Crippen LogP contribution >= 0.6 is 11.3 Å². The number of ether oxygens (including phenoxy) is 1. The standard InChI is InChI=1S/C11H11N3O3S/c1-7-9(14(15)16)3-2-4-10(7)17-6-8-5-13-11(12)18-8/h2-5H,6H2,1H3,(H2,12,13). The summed E-state index contributed by atoms with van der Waals surface area (Å²) in [4.78, 5) is 15.1. The van der Waals surface area contributed by atoms with Gasteiger partial charge in [0.25, 0.3) is 5.69 Å². The maximum atomic E-state index is 10.8. The van der Waals surface area contributed by atoms with Gasteiger partial charge in [-0.2, -0.15) is 0 Å². The highest BCUT2D eigenvalue weighted by Crippen LogP contribution is 2.28. The van der Waals surface area contributed by atoms with Crippen LogP contribution in [-0.2, 0) is 6.61 Å². The first-order valence-electron chi connectivity index (χ1n) is 5.15. The quantitative estimate of drug-likeness (QED) is 0.677. The second-order valence-corrected chi connectivity index (χ2v) is 4.76. The maximum absolute atomic E-state index is 10.8. The fourth-order valence-corrected chi connectivity index (χ4v) is 2.09. The van der Waals surface area contributed by atoms with Gasteiger partial charge in [0.15, 0.2) is 5.13 Å². The van der Waals surface area contributed by atoms with Crippen molar-refractivity contribution in [3.63, 3.8) is 0 Å². The number of anilines is 1. The SMILES string of the molecule is Cc1c(OCc2cnc(N)s2)cccc1[N+](=O)[O-]. The van der Waals surface area contributed by atoms with E-state index < -0.39 is 4.92 Å². The third-order valence-corrected chi connectivity index (χ3v) is 3.19. The predicted octanol–water partition coefficient (Wildman–Crippen LogP) is 2.52. The Bertz CT molecular complexity index is 583. The highest BCUT2D eigenvalue weighted by Gasteiger charge is 2.14. The van der Waals surface area contributed by atoms with Crippen molar-refractivity contribution in [3.8, 4) is 5.75 Å². The molecule has 0 amide bonds. The summed E-state index contributed by atoms with van der Waals surface area (Å²) in [5, 5.41) is 11.3. The van der Waals surface area contributed by atoms with Gasteiger partial charge in [0, 0.05) is 12.3 Å². The van der Waals surface area contributed by atoms with Crippen LogP contribution in [0.25, 0.3) is 0 Å². The molecular formula is C11H11N3O3S. The van der Waals surface area contributed by atoms with Gasteiger partial charge < -0.3 is 10.5 Å². The monoisotopic (exact) mass is 265 g/mol. The van der Waals surface area contributed by atoms with E-state index in [-0.39, 0.29) is 5.69 Å². The third-order valence-electron chi connectivity index (χ3n) is 2.39. The largest absolute Gasteiger partial charge is 0.487 e. The molecule has 2 N–H and O–H groups in total. The minimum atomic E-state index is -0.424. The molecule has 1 aromatic carbocycles. The fourth-order valence-electron chi connectivity index (χ4n) is 1.50. The first-order chi connectivity index (χ1) is 8.58. The van der Waals surface area contributed by atoms with Gasteiger partial charge >= 0.3 is 0 Å². The second-order valence-electron chi connectivity index (χ2n) is 3.61. The van der Waals surface area contributed by atoms with E-state index in [9.17, 15) is 10.1 Å². The first kappa shape index (κ1) is 12.3. The molecule has 0 saturated heterocycles. The lowest BCUT2D eigenvalue weighted by molar-refractivity contribution is -0.385. The van der Waals surface area contributed by atoms with Crippen molar-refractivity contribution in [1.82, 2.24) is 4.98 Å². The zero-order chi connectivity index (χ0) is 13.1. The molecule has 0 spiro atoms. The second kappa shape index (κ2) is 5.01. The molecule has 1 aromatic heterocycles. The van der Waals surface area contributed by atoms with Crippen molar-refractivity contribution in [2.45, 2.75) is 13.5 Å². The van der Waals surface area contributed by atoms with Crippen LogP contribution in [0.4, 0.5) is 10.8 Å². The predicted molar refractivity (Wildman–Crippen MR) is 68.7 cm³/mol. The van der Waals surface area contributed by atoms with Crippen LogP contribution in [-0.4, -0.2) is 9.91 Å². The van der Waals surface area contributed by atoms with Crippen molar-refractivity contribution in [2.75, 3.05) is 5.73 Å². The average molecular weight is 265 g/mol. The number of benzene rings is 1. The highest BCUT2D eigenvalue weighted by molar-refractivity contribution is 7.15. The van der Waals surface area contributed by atoms with Crippen molar-refractivity contribution >= 4 is 22.2 Å². The van der Waals surface area contributed by atoms with Gasteiger partial charge in [0.1, 0.15) is 12.4 Å². The Hall–Kier alpha value is -2.15. The molecular weight excluding hydrogens is 254 g/mol. The number of hydrogen-bond acceptors (Lipinski definition) is 6. The van der Waals surface area contributed by atoms with E-state index in [4.69, 9.17) is 10.5 Å². The minimum absolute atomic E-state index is 0.0521. The lowest BCUT2D eigenvalue weighted by Gasteiger charge is -2.07. The molecule has 0 bridgehead atoms. The van der Waals surface area contributed by atoms with Gasteiger partial charge in [-0.25, -0.2) is 4.98 Å². The van der Waals surface area contributed by atoms with Gasteiger partial charge in [-0.3, -0.25) is 10.1 Å². The number of nitro benzene ring substituents is 1. The van der Waals surface area contributed by atoms with Crippen LogP contribution in [0.2, 0.25) is 0 Å². The maximum Gasteiger partial charge on any atom is 0.276 e. The van der Waals surface area contributed by atoms with Crippen molar-refractivity contribution in [2.24, 2.45) is 0 Å². The molecule has 0 radical (unpaired) electrons. The Morgan fingerprint density at radius 2 is 2.33 bits per heavy atom. The molecule has 0 fully saturated rings. The molecule has 1 heterocycles. The molecule has 18 heavy (non-hydrogen) atoms. The van der Waals surface area contributed by atoms with E-state index in [1.165, 1.54) is 17.4 Å². The first-order valence-corrected chi connectivity index (χ1v) is 5.96. The molecule has 2 aromatic rings. The Kier molecular flexibility index (Phi) is 3.42. The number of nitrogens with two attached hydrogens (primary N) is 1. The lowest BCUT2D eigenvalue weighted by atomic mass is 10.2. The zero-order valence-electron chi connectivity index (χ0n) is 9.62. The Labute approximate surface area is 107 Å². The molecule has 2 rings (SSSR count). The number of nitrogens with zero attached hydrogens (tertiary/aromatic N) is 2. The van der Waals surface area contributed by atoms with E-state index in [2.05, 4.69) is 4.98 Å². The molecule has 0 aliphatic carbocycles. The lowest BCUT2D eigenvalue weighted by Crippen LogP contribution is -1.98. The highest BCUT2D eigenvalue weighted by atomic mass is 32.1. The number of hydrogen-bond donors (Lipinski definition) is 1. The summed E-state index contributed by atoms with van der Waals surface area (Å²) in [5.41, 5.74) is 6.07. The molecule has 7 heteroatoms. The zero-order valence-corrected chi connectivity index (χ0v) is 10.4. The van der Waals surface area contributed by atoms with Crippen molar-refractivity contribution in [3.05, 3.63) is 45.0 Å². The van der Waals surface area contributed by atoms with Gasteiger partial charge in [0.2, 0.25) is 0 Å². The summed E-state index contributed by atoms with van der Waals surface area (Å²) in [7, 11) is 0. The Morgan fingerprint density at radius 1 is 1.56 bits per heavy atom. The third kappa shape index (κ3) is 2.57. The number of aromatic nitrogens is 1. The molecule has 94 valence electrons. The van der Waals surface area contributed by atoms with Crippen LogP contribution < -0.4 is 10.5 Å². The smallest absolute Gasteiger partial charge is 0.276 e. The van der Waals surface area contributed by atoms with Crippen LogP contribution in [0.15, 0.2) is 24.4 Å². The van der Waals surface area contributed by atoms with E-state index in [1.807, 2.05) is 0 Å². The topological polar surface area (TPSA) is 91.3 Å². The van der Waals surface area contributed by atoms with E-state index in [1.54, 1.807) is 25.3 Å². The van der Waals surface area contributed by atoms with Crippen molar-refractivity contribution in [1.29, 1.82) is 0 Å². The fraction of sp³-hybridized carbons (Fsp3) is 0.182. The number of rotatable bonds is 4. The number of thiazole rings is 1. The molecule has 0 aliphatic heterocycles. The minimum Gasteiger partial charge on any atom is -0.487 e. The summed E-state index contributed by atoms with van der Waals surface area (Å²) >= 11 is 1.33. The van der Waals surface area contributed by atoms with E-state index >= 15 is 0 Å². The van der Waals surface area contributed by atoms with Gasteiger partial charge in [0.05, 0.1) is 15.4 Å². The molecule has 0 aliphatic rings. The number of nitrogen functional groups attached to an aromatic ring is 1. The Balaban J connectivity index is 2.14. The van der Waals surface area contributed by atoms with Crippen molar-refractivity contribution < 1.29 is 9.66 Å². The summed E-state index contributed by atoms with van der Waals surface area (Å²) < 4.78 is 5.54. The average Bonchev–Trinajstić information content (AvgIpc) is 2.73. The molecule has 6 nitrogen and oxygen atoms in total. The van der Waals surface area contributed by atoms with Gasteiger partial charge in [-0.1, -0.05) is 17.4 Å². The Morgan fingerprint density at radius 3 is 2.94 bits per heavy atom. The summed E-state index contributed by atoms with van der Waals surface area (Å²) in [5.74, 6) is 0.496. The summed E-state index contributed by atoms with van der Waals surface area (Å²) in [6.45, 7) is 1.96. The summed E-state index contributed by atoms with van der Waals surface area (Å²) in [6, 6.07) is 4.75. The molecule has 0 unspecified atom stereocenters. The van der Waals surface area contributed by atoms with E-state index in [0.29, 0.717) is 23.1 Å². The normalized spacial score (nSPS) is 10.3. The van der Waals surface area contributed by atoms with Crippen LogP contribution in [0, 0.1) is 17.0 Å². The van der Waals surface area contributed by atoms with Crippen LogP contribution in [0.3, 0.4) is 0 Å². The van der Waals surface area contributed by atoms with E-state index in [0.717, 1.165) is 4.88 Å². The van der Waals surface area contributed by atoms with Crippen LogP contribution in [0.5, 0.6) is 5.75 Å². The summed E-state index contributed by atoms with van der Waals surface area (Å²) in [6.07, 6.45) is 1.63. The van der Waals surface area contributed by atoms with Gasteiger partial charge in [-0.15, -0.1) is 0 Å². The molecule has 0 atom stereocenters. The number of nitro groups is 1. The van der Waals surface area contributed by atoms with Gasteiger partial charge in [-0.05, 0) is 13.0 Å². The van der Waals surface area contributed by atoms with Crippen LogP contribution in [0.1, 0.15) is 10.4 Å². The molecule has 0 saturated carbocycles.